The molecule has 30 heavy (non-hydrogen) atoms. The van der Waals surface area contributed by atoms with Crippen LogP contribution in [0.25, 0.3) is 0 Å². The normalized spacial score (nSPS) is 10.6. The molecule has 152 valence electrons. The van der Waals surface area contributed by atoms with Crippen LogP contribution < -0.4 is 14.9 Å². The van der Waals surface area contributed by atoms with Crippen molar-refractivity contribution in [2.45, 2.75) is 6.92 Å². The van der Waals surface area contributed by atoms with E-state index >= 15 is 0 Å². The molecule has 1 amide bonds. The molecule has 0 spiro atoms. The lowest BCUT2D eigenvalue weighted by Gasteiger charge is -2.06. The number of hydrazone groups is 1. The van der Waals surface area contributed by atoms with Crippen molar-refractivity contribution in [2.24, 2.45) is 5.10 Å². The Morgan fingerprint density at radius 1 is 0.967 bits per heavy atom. The molecule has 0 fully saturated rings. The average Bonchev–Trinajstić information content (AvgIpc) is 2.76. The fraction of sp³-hybridized carbons (Fsp3) is 0.0870. The molecule has 0 heterocycles. The number of carbonyl (C=O) groups is 2. The van der Waals surface area contributed by atoms with E-state index in [0.29, 0.717) is 29.2 Å². The van der Waals surface area contributed by atoms with Gasteiger partial charge >= 0.3 is 5.97 Å². The minimum atomic E-state index is -0.454. The van der Waals surface area contributed by atoms with Gasteiger partial charge in [-0.05, 0) is 95.7 Å². The van der Waals surface area contributed by atoms with Crippen molar-refractivity contribution in [1.82, 2.24) is 5.43 Å². The molecule has 3 aromatic rings. The first-order valence-electron chi connectivity index (χ1n) is 9.20. The van der Waals surface area contributed by atoms with Crippen LogP contribution >= 0.6 is 22.6 Å². The highest BCUT2D eigenvalue weighted by atomic mass is 127. The van der Waals surface area contributed by atoms with Gasteiger partial charge in [0.05, 0.1) is 23.9 Å². The Balaban J connectivity index is 1.55. The zero-order valence-electron chi connectivity index (χ0n) is 16.2. The van der Waals surface area contributed by atoms with Gasteiger partial charge in [0, 0.05) is 3.57 Å². The maximum absolute atomic E-state index is 12.2. The fourth-order valence-corrected chi connectivity index (χ4v) is 3.15. The number of hydrogen-bond donors (Lipinski definition) is 1. The number of hydrogen-bond acceptors (Lipinski definition) is 5. The summed E-state index contributed by atoms with van der Waals surface area (Å²) in [6.45, 7) is 2.46. The predicted molar refractivity (Wildman–Crippen MR) is 123 cm³/mol. The van der Waals surface area contributed by atoms with Crippen LogP contribution in [-0.4, -0.2) is 24.7 Å². The van der Waals surface area contributed by atoms with Crippen molar-refractivity contribution >= 4 is 40.7 Å². The Labute approximate surface area is 188 Å². The topological polar surface area (TPSA) is 77.0 Å². The van der Waals surface area contributed by atoms with Crippen LogP contribution in [0.15, 0.2) is 77.9 Å². The molecule has 0 aliphatic heterocycles. The van der Waals surface area contributed by atoms with E-state index in [9.17, 15) is 9.59 Å². The van der Waals surface area contributed by atoms with Crippen molar-refractivity contribution in [2.75, 3.05) is 6.61 Å². The summed E-state index contributed by atoms with van der Waals surface area (Å²) in [6.07, 6.45) is 1.52. The average molecular weight is 514 g/mol. The lowest BCUT2D eigenvalue weighted by atomic mass is 10.2. The molecule has 6 nitrogen and oxygen atoms in total. The Morgan fingerprint density at radius 2 is 1.63 bits per heavy atom. The predicted octanol–water partition coefficient (Wildman–Crippen LogP) is 4.67. The Bertz CT molecular complexity index is 1050. The molecule has 1 N–H and O–H groups in total. The molecule has 0 saturated carbocycles. The van der Waals surface area contributed by atoms with Crippen LogP contribution in [0.1, 0.15) is 33.2 Å². The van der Waals surface area contributed by atoms with Crippen molar-refractivity contribution in [3.8, 4) is 11.5 Å². The van der Waals surface area contributed by atoms with Crippen molar-refractivity contribution in [3.05, 3.63) is 93.1 Å². The second-order valence-corrected chi connectivity index (χ2v) is 7.26. The molecule has 0 unspecified atom stereocenters. The first-order valence-corrected chi connectivity index (χ1v) is 10.3. The molecular formula is C23H19IN2O4. The van der Waals surface area contributed by atoms with Gasteiger partial charge in [0.15, 0.2) is 0 Å². The molecule has 0 aliphatic rings. The van der Waals surface area contributed by atoms with E-state index in [1.807, 2.05) is 19.1 Å². The number of carbonyl (C=O) groups excluding carboxylic acids is 2. The van der Waals surface area contributed by atoms with Gasteiger partial charge in [-0.15, -0.1) is 0 Å². The number of halogens is 1. The summed E-state index contributed by atoms with van der Waals surface area (Å²) in [5, 5.41) is 3.97. The molecule has 0 aliphatic carbocycles. The largest absolute Gasteiger partial charge is 0.494 e. The van der Waals surface area contributed by atoms with Crippen LogP contribution in [-0.2, 0) is 0 Å². The zero-order chi connectivity index (χ0) is 21.3. The summed E-state index contributed by atoms with van der Waals surface area (Å²) in [5.41, 5.74) is 4.24. The highest BCUT2D eigenvalue weighted by Gasteiger charge is 2.09. The maximum Gasteiger partial charge on any atom is 0.343 e. The third-order valence-electron chi connectivity index (χ3n) is 3.99. The highest BCUT2D eigenvalue weighted by molar-refractivity contribution is 14.1. The summed E-state index contributed by atoms with van der Waals surface area (Å²) >= 11 is 2.10. The first-order chi connectivity index (χ1) is 14.6. The lowest BCUT2D eigenvalue weighted by Crippen LogP contribution is -2.18. The third-order valence-corrected chi connectivity index (χ3v) is 4.93. The second-order valence-electron chi connectivity index (χ2n) is 6.09. The molecule has 0 atom stereocenters. The zero-order valence-corrected chi connectivity index (χ0v) is 18.3. The molecule has 3 rings (SSSR count). The molecule has 0 saturated heterocycles. The van der Waals surface area contributed by atoms with Crippen LogP contribution in [0.5, 0.6) is 11.5 Å². The van der Waals surface area contributed by atoms with E-state index in [2.05, 4.69) is 33.1 Å². The van der Waals surface area contributed by atoms with E-state index in [0.717, 1.165) is 9.13 Å². The minimum absolute atomic E-state index is 0.280. The maximum atomic E-state index is 12.2. The van der Waals surface area contributed by atoms with Crippen LogP contribution in [0.2, 0.25) is 0 Å². The van der Waals surface area contributed by atoms with Gasteiger partial charge in [-0.25, -0.2) is 10.2 Å². The van der Waals surface area contributed by atoms with Gasteiger partial charge in [0.2, 0.25) is 0 Å². The van der Waals surface area contributed by atoms with E-state index in [-0.39, 0.29) is 5.91 Å². The number of amides is 1. The number of ether oxygens (including phenoxy) is 2. The SMILES string of the molecule is CCOc1ccc(C(=O)Oc2ccc(/C=N/NC(=O)c3ccccc3I)cc2)cc1. The van der Waals surface area contributed by atoms with Gasteiger partial charge < -0.3 is 9.47 Å². The van der Waals surface area contributed by atoms with Gasteiger partial charge in [0.1, 0.15) is 11.5 Å². The first kappa shape index (κ1) is 21.5. The van der Waals surface area contributed by atoms with Gasteiger partial charge in [0.25, 0.3) is 5.91 Å². The minimum Gasteiger partial charge on any atom is -0.494 e. The van der Waals surface area contributed by atoms with E-state index < -0.39 is 5.97 Å². The lowest BCUT2D eigenvalue weighted by molar-refractivity contribution is 0.0734. The highest BCUT2D eigenvalue weighted by Crippen LogP contribution is 2.16. The smallest absolute Gasteiger partial charge is 0.343 e. The van der Waals surface area contributed by atoms with E-state index in [4.69, 9.17) is 9.47 Å². The summed E-state index contributed by atoms with van der Waals surface area (Å²) < 4.78 is 11.6. The Hall–Kier alpha value is -3.20. The third kappa shape index (κ3) is 5.90. The number of nitrogens with one attached hydrogen (secondary N) is 1. The fourth-order valence-electron chi connectivity index (χ4n) is 2.51. The Kier molecular flexibility index (Phi) is 7.56. The van der Waals surface area contributed by atoms with Crippen molar-refractivity contribution < 1.29 is 19.1 Å². The standard InChI is InChI=1S/C23H19IN2O4/c1-2-29-18-13-9-17(10-14-18)23(28)30-19-11-7-16(8-12-19)15-25-26-22(27)20-5-3-4-6-21(20)24/h3-15H,2H2,1H3,(H,26,27)/b25-15+. The number of nitrogens with zero attached hydrogens (tertiary/aromatic N) is 1. The number of rotatable bonds is 7. The number of esters is 1. The molecule has 3 aromatic carbocycles. The van der Waals surface area contributed by atoms with Crippen molar-refractivity contribution in [1.29, 1.82) is 0 Å². The van der Waals surface area contributed by atoms with E-state index in [1.54, 1.807) is 60.7 Å². The quantitative estimate of drug-likeness (QED) is 0.164. The second kappa shape index (κ2) is 10.5. The summed E-state index contributed by atoms with van der Waals surface area (Å²) in [7, 11) is 0. The van der Waals surface area contributed by atoms with Gasteiger partial charge in [-0.2, -0.15) is 5.10 Å². The summed E-state index contributed by atoms with van der Waals surface area (Å²) in [6, 6.07) is 20.8. The molecule has 0 bridgehead atoms. The van der Waals surface area contributed by atoms with Gasteiger partial charge in [-0.1, -0.05) is 12.1 Å². The van der Waals surface area contributed by atoms with Crippen LogP contribution in [0.4, 0.5) is 0 Å². The summed E-state index contributed by atoms with van der Waals surface area (Å²) in [4.78, 5) is 24.4. The van der Waals surface area contributed by atoms with E-state index in [1.165, 1.54) is 6.21 Å². The van der Waals surface area contributed by atoms with Crippen LogP contribution in [0, 0.1) is 3.57 Å². The monoisotopic (exact) mass is 514 g/mol. The summed E-state index contributed by atoms with van der Waals surface area (Å²) in [5.74, 6) is 0.377. The molecular weight excluding hydrogens is 495 g/mol. The molecule has 0 radical (unpaired) electrons. The molecule has 0 aromatic heterocycles. The number of benzene rings is 3. The molecule has 7 heteroatoms. The Morgan fingerprint density at radius 3 is 2.30 bits per heavy atom. The van der Waals surface area contributed by atoms with Crippen molar-refractivity contribution in [3.63, 3.8) is 0 Å². The van der Waals surface area contributed by atoms with Gasteiger partial charge in [-0.3, -0.25) is 4.79 Å². The van der Waals surface area contributed by atoms with Crippen LogP contribution in [0.3, 0.4) is 0 Å².